The number of amides is 2. The predicted molar refractivity (Wildman–Crippen MR) is 91.8 cm³/mol. The Morgan fingerprint density at radius 3 is 2.80 bits per heavy atom. The van der Waals surface area contributed by atoms with E-state index in [1.165, 1.54) is 4.90 Å². The van der Waals surface area contributed by atoms with Crippen molar-refractivity contribution in [2.75, 3.05) is 19.7 Å². The average molecular weight is 342 g/mol. The first-order chi connectivity index (χ1) is 12.1. The first-order valence-corrected chi connectivity index (χ1v) is 8.37. The minimum atomic E-state index is -0.430. The lowest BCUT2D eigenvalue weighted by atomic mass is 10.0. The summed E-state index contributed by atoms with van der Waals surface area (Å²) in [5.41, 5.74) is 1.04. The van der Waals surface area contributed by atoms with Gasteiger partial charge in [-0.25, -0.2) is 9.78 Å². The molecule has 25 heavy (non-hydrogen) atoms. The van der Waals surface area contributed by atoms with Crippen LogP contribution in [0.2, 0.25) is 0 Å². The minimum absolute atomic E-state index is 0.0201. The lowest BCUT2D eigenvalue weighted by Crippen LogP contribution is -2.39. The molecular weight excluding hydrogens is 320 g/mol. The van der Waals surface area contributed by atoms with Crippen molar-refractivity contribution in [1.29, 1.82) is 0 Å². The van der Waals surface area contributed by atoms with Gasteiger partial charge in [0.05, 0.1) is 12.6 Å². The number of hydrogen-bond donors (Lipinski definition) is 1. The summed E-state index contributed by atoms with van der Waals surface area (Å²) in [6.45, 7) is 3.52. The molecule has 2 heterocycles. The number of nitrogens with one attached hydrogen (secondary N) is 1. The first kappa shape index (κ1) is 17.0. The lowest BCUT2D eigenvalue weighted by molar-refractivity contribution is -0.122. The molecular formula is C18H22N4O3. The molecule has 0 bridgehead atoms. The zero-order chi connectivity index (χ0) is 17.6. The number of nitrogens with zero attached hydrogens (tertiary/aromatic N) is 3. The van der Waals surface area contributed by atoms with E-state index < -0.39 is 6.09 Å². The number of carbonyl (C=O) groups is 2. The van der Waals surface area contributed by atoms with Crippen LogP contribution in [0, 0.1) is 6.92 Å². The molecule has 1 fully saturated rings. The number of cyclic esters (lactones) is 1. The molecule has 1 N–H and O–H groups in total. The van der Waals surface area contributed by atoms with Crippen molar-refractivity contribution in [2.24, 2.45) is 0 Å². The van der Waals surface area contributed by atoms with Gasteiger partial charge in [-0.05, 0) is 18.9 Å². The Bertz CT molecular complexity index is 729. The summed E-state index contributed by atoms with van der Waals surface area (Å²) in [6.07, 6.45) is 4.00. The third kappa shape index (κ3) is 4.37. The largest absolute Gasteiger partial charge is 0.448 e. The summed E-state index contributed by atoms with van der Waals surface area (Å²) >= 11 is 0. The standard InChI is InChI=1S/C18H22N4O3/c1-14-19-8-10-21(14)9-7-16(15-5-3-2-4-6-15)20-17(23)13-22-11-12-25-18(22)24/h2-6,8,10,16H,7,9,11-13H2,1H3,(H,20,23)/t16-/m0/s1. The van der Waals surface area contributed by atoms with Crippen LogP contribution in [0.4, 0.5) is 4.79 Å². The van der Waals surface area contributed by atoms with Crippen molar-refractivity contribution in [3.8, 4) is 0 Å². The SMILES string of the molecule is Cc1nccn1CC[C@H](NC(=O)CN1CCOC1=O)c1ccccc1. The molecule has 7 nitrogen and oxygen atoms in total. The van der Waals surface area contributed by atoms with Crippen LogP contribution < -0.4 is 5.32 Å². The molecule has 2 aromatic rings. The zero-order valence-corrected chi connectivity index (χ0v) is 14.2. The predicted octanol–water partition coefficient (Wildman–Crippen LogP) is 1.89. The molecule has 132 valence electrons. The van der Waals surface area contributed by atoms with Gasteiger partial charge in [0.25, 0.3) is 0 Å². The molecule has 0 aliphatic carbocycles. The molecule has 1 aromatic heterocycles. The average Bonchev–Trinajstić information content (AvgIpc) is 3.21. The van der Waals surface area contributed by atoms with E-state index in [0.717, 1.165) is 24.4 Å². The van der Waals surface area contributed by atoms with Gasteiger partial charge in [-0.3, -0.25) is 9.69 Å². The molecule has 1 aliphatic rings. The number of carbonyl (C=O) groups excluding carboxylic acids is 2. The van der Waals surface area contributed by atoms with E-state index in [9.17, 15) is 9.59 Å². The summed E-state index contributed by atoms with van der Waals surface area (Å²) in [4.78, 5) is 29.5. The van der Waals surface area contributed by atoms with Crippen LogP contribution in [0.15, 0.2) is 42.7 Å². The number of imidazole rings is 1. The van der Waals surface area contributed by atoms with Crippen molar-refractivity contribution in [3.63, 3.8) is 0 Å². The Kier molecular flexibility index (Phi) is 5.33. The maximum Gasteiger partial charge on any atom is 0.410 e. The van der Waals surface area contributed by atoms with Gasteiger partial charge in [0.15, 0.2) is 0 Å². The highest BCUT2D eigenvalue weighted by Crippen LogP contribution is 2.18. The number of hydrogen-bond acceptors (Lipinski definition) is 4. The highest BCUT2D eigenvalue weighted by Gasteiger charge is 2.25. The highest BCUT2D eigenvalue weighted by atomic mass is 16.6. The van der Waals surface area contributed by atoms with E-state index in [0.29, 0.717) is 13.2 Å². The number of aromatic nitrogens is 2. The van der Waals surface area contributed by atoms with Gasteiger partial charge in [0.1, 0.15) is 19.0 Å². The van der Waals surface area contributed by atoms with Gasteiger partial charge in [-0.15, -0.1) is 0 Å². The van der Waals surface area contributed by atoms with E-state index in [2.05, 4.69) is 14.9 Å². The molecule has 1 saturated heterocycles. The van der Waals surface area contributed by atoms with Gasteiger partial charge in [-0.2, -0.15) is 0 Å². The number of aryl methyl sites for hydroxylation is 2. The molecule has 2 amide bonds. The molecule has 1 aliphatic heterocycles. The second-order valence-corrected chi connectivity index (χ2v) is 6.02. The molecule has 0 saturated carbocycles. The van der Waals surface area contributed by atoms with E-state index in [-0.39, 0.29) is 18.5 Å². The smallest absolute Gasteiger partial charge is 0.410 e. The fourth-order valence-corrected chi connectivity index (χ4v) is 2.90. The van der Waals surface area contributed by atoms with Crippen molar-refractivity contribution < 1.29 is 14.3 Å². The first-order valence-electron chi connectivity index (χ1n) is 8.37. The Labute approximate surface area is 146 Å². The topological polar surface area (TPSA) is 76.5 Å². The third-order valence-electron chi connectivity index (χ3n) is 4.30. The van der Waals surface area contributed by atoms with E-state index in [1.807, 2.05) is 43.5 Å². The summed E-state index contributed by atoms with van der Waals surface area (Å²) in [7, 11) is 0. The van der Waals surface area contributed by atoms with Gasteiger partial charge < -0.3 is 14.6 Å². The van der Waals surface area contributed by atoms with Crippen molar-refractivity contribution in [3.05, 3.63) is 54.1 Å². The quantitative estimate of drug-likeness (QED) is 0.834. The molecule has 7 heteroatoms. The zero-order valence-electron chi connectivity index (χ0n) is 14.2. The Morgan fingerprint density at radius 2 is 2.16 bits per heavy atom. The number of ether oxygens (including phenoxy) is 1. The molecule has 0 radical (unpaired) electrons. The van der Waals surface area contributed by atoms with Gasteiger partial charge >= 0.3 is 6.09 Å². The van der Waals surface area contributed by atoms with Gasteiger partial charge in [0.2, 0.25) is 5.91 Å². The lowest BCUT2D eigenvalue weighted by Gasteiger charge is -2.21. The van der Waals surface area contributed by atoms with Crippen LogP contribution in [0.1, 0.15) is 23.9 Å². The highest BCUT2D eigenvalue weighted by molar-refractivity contribution is 5.83. The molecule has 1 aromatic carbocycles. The number of rotatable bonds is 7. The van der Waals surface area contributed by atoms with Crippen LogP contribution in [-0.4, -0.2) is 46.1 Å². The van der Waals surface area contributed by atoms with Crippen LogP contribution in [0.3, 0.4) is 0 Å². The maximum atomic E-state index is 12.4. The molecule has 1 atom stereocenters. The van der Waals surface area contributed by atoms with Gasteiger partial charge in [0, 0.05) is 18.9 Å². The molecule has 0 unspecified atom stereocenters. The number of benzene rings is 1. The normalized spacial score (nSPS) is 15.1. The van der Waals surface area contributed by atoms with Crippen LogP contribution >= 0.6 is 0 Å². The fraction of sp³-hybridized carbons (Fsp3) is 0.389. The van der Waals surface area contributed by atoms with E-state index >= 15 is 0 Å². The van der Waals surface area contributed by atoms with Gasteiger partial charge in [-0.1, -0.05) is 30.3 Å². The summed E-state index contributed by atoms with van der Waals surface area (Å²) in [6, 6.07) is 9.71. The Morgan fingerprint density at radius 1 is 1.36 bits per heavy atom. The van der Waals surface area contributed by atoms with E-state index in [4.69, 9.17) is 4.74 Å². The second kappa shape index (κ2) is 7.83. The molecule has 0 spiro atoms. The third-order valence-corrected chi connectivity index (χ3v) is 4.30. The van der Waals surface area contributed by atoms with Crippen molar-refractivity contribution >= 4 is 12.0 Å². The van der Waals surface area contributed by atoms with E-state index in [1.54, 1.807) is 6.20 Å². The summed E-state index contributed by atoms with van der Waals surface area (Å²) in [5.74, 6) is 0.757. The summed E-state index contributed by atoms with van der Waals surface area (Å²) in [5, 5.41) is 3.04. The molecule has 3 rings (SSSR count). The van der Waals surface area contributed by atoms with Crippen molar-refractivity contribution in [2.45, 2.75) is 25.9 Å². The summed E-state index contributed by atoms with van der Waals surface area (Å²) < 4.78 is 6.92. The van der Waals surface area contributed by atoms with Crippen molar-refractivity contribution in [1.82, 2.24) is 19.8 Å². The fourth-order valence-electron chi connectivity index (χ4n) is 2.90. The Balaban J connectivity index is 1.64. The van der Waals surface area contributed by atoms with Crippen LogP contribution in [0.5, 0.6) is 0 Å². The monoisotopic (exact) mass is 342 g/mol. The second-order valence-electron chi connectivity index (χ2n) is 6.02. The Hall–Kier alpha value is -2.83. The minimum Gasteiger partial charge on any atom is -0.448 e. The van der Waals surface area contributed by atoms with Crippen LogP contribution in [-0.2, 0) is 16.1 Å². The van der Waals surface area contributed by atoms with Crippen LogP contribution in [0.25, 0.3) is 0 Å². The maximum absolute atomic E-state index is 12.4.